The summed E-state index contributed by atoms with van der Waals surface area (Å²) in [6.07, 6.45) is 78.7. The molecule has 2 nitrogen and oxygen atoms in total. The summed E-state index contributed by atoms with van der Waals surface area (Å²) in [5, 5.41) is 0. The van der Waals surface area contributed by atoms with E-state index >= 15 is 0 Å². The predicted octanol–water partition coefficient (Wildman–Crippen LogP) is 26.4. The number of benzene rings is 2. The summed E-state index contributed by atoms with van der Waals surface area (Å²) in [5.41, 5.74) is 5.08. The third kappa shape index (κ3) is 52.0. The van der Waals surface area contributed by atoms with E-state index in [-0.39, 0.29) is 16.5 Å². The Morgan fingerprint density at radius 2 is 0.519 bits per heavy atom. The molecule has 0 aromatic heterocycles. The smallest absolute Gasteiger partial charge is 0.0634 e. The first kappa shape index (κ1) is 74.4. The van der Waals surface area contributed by atoms with Crippen molar-refractivity contribution in [2.75, 3.05) is 0 Å². The fraction of sp³-hybridized carbons (Fsp3) is 0.763. The molecule has 0 bridgehead atoms. The largest absolute Gasteiger partial charge is 0.255 e. The average Bonchev–Trinajstić information content (AvgIpc) is 3.46. The second-order valence-corrected chi connectivity index (χ2v) is 24.1. The van der Waals surface area contributed by atoms with Crippen molar-refractivity contribution in [3.8, 4) is 23.7 Å². The van der Waals surface area contributed by atoms with Crippen molar-refractivity contribution in [3.05, 3.63) is 59.7 Å². The number of hydrogen-bond acceptors (Lipinski definition) is 2. The summed E-state index contributed by atoms with van der Waals surface area (Å²) in [7, 11) is 0. The van der Waals surface area contributed by atoms with Crippen molar-refractivity contribution >= 4 is 23.3 Å². The van der Waals surface area contributed by atoms with Gasteiger partial charge in [-0.1, -0.05) is 359 Å². The van der Waals surface area contributed by atoms with Gasteiger partial charge in [-0.3, -0.25) is 9.98 Å². The van der Waals surface area contributed by atoms with E-state index in [4.69, 9.17) is 9.98 Å². The van der Waals surface area contributed by atoms with E-state index in [0.29, 0.717) is 0 Å². The average molecular weight is 1130 g/mol. The number of rotatable bonds is 56. The van der Waals surface area contributed by atoms with Gasteiger partial charge in [0.25, 0.3) is 0 Å². The molecule has 2 aromatic rings. The molecule has 0 unspecified atom stereocenters. The Hall–Kier alpha value is -2.61. The van der Waals surface area contributed by atoms with E-state index in [1.165, 1.54) is 321 Å². The molecule has 3 heteroatoms. The van der Waals surface area contributed by atoms with Gasteiger partial charge in [0.2, 0.25) is 0 Å². The minimum absolute atomic E-state index is 0. The second kappa shape index (κ2) is 61.5. The number of nitrogens with zero attached hydrogens (tertiary/aromatic N) is 2. The van der Waals surface area contributed by atoms with Crippen LogP contribution < -0.4 is 0 Å². The van der Waals surface area contributed by atoms with Crippen molar-refractivity contribution in [2.24, 2.45) is 9.98 Å². The fourth-order valence-corrected chi connectivity index (χ4v) is 11.1. The van der Waals surface area contributed by atoms with Gasteiger partial charge in [-0.05, 0) is 74.2 Å². The van der Waals surface area contributed by atoms with Crippen LogP contribution in [0.3, 0.4) is 0 Å². The third-order valence-corrected chi connectivity index (χ3v) is 16.4. The topological polar surface area (TPSA) is 24.7 Å². The quantitative estimate of drug-likeness (QED) is 0.0273. The Morgan fingerprint density at radius 3 is 0.772 bits per heavy atom. The van der Waals surface area contributed by atoms with Crippen LogP contribution in [-0.2, 0) is 16.5 Å². The van der Waals surface area contributed by atoms with Crippen molar-refractivity contribution in [1.82, 2.24) is 0 Å². The number of unbranched alkanes of at least 4 members (excludes halogenated alkanes) is 51. The van der Waals surface area contributed by atoms with Crippen LogP contribution in [0.2, 0.25) is 0 Å². The molecule has 0 atom stereocenters. The Bertz CT molecular complexity index is 1730. The van der Waals surface area contributed by atoms with Gasteiger partial charge in [-0.15, -0.1) is 0 Å². The molecule has 0 N–H and O–H groups in total. The van der Waals surface area contributed by atoms with Crippen LogP contribution in [-0.4, -0.2) is 11.9 Å². The van der Waals surface area contributed by atoms with Gasteiger partial charge in [-0.25, -0.2) is 0 Å². The molecule has 0 fully saturated rings. The van der Waals surface area contributed by atoms with Crippen LogP contribution in [0, 0.1) is 23.7 Å². The normalized spacial score (nSPS) is 11.5. The van der Waals surface area contributed by atoms with Gasteiger partial charge in [0.05, 0.1) is 17.1 Å². The molecule has 0 saturated heterocycles. The molecule has 0 saturated carbocycles. The maximum Gasteiger partial charge on any atom is 0.0634 e. The molecule has 2 rings (SSSR count). The fourth-order valence-electron chi connectivity index (χ4n) is 11.1. The summed E-state index contributed by atoms with van der Waals surface area (Å²) >= 11 is 0. The maximum atomic E-state index is 4.99. The molecular weight excluding hydrogens is 1000 g/mol. The van der Waals surface area contributed by atoms with E-state index in [2.05, 4.69) is 93.0 Å². The molecule has 0 amide bonds. The minimum atomic E-state index is 0. The molecule has 0 spiro atoms. The molecule has 0 aliphatic heterocycles. The summed E-state index contributed by atoms with van der Waals surface area (Å²) in [6.45, 7) is 6.85. The van der Waals surface area contributed by atoms with E-state index in [1.54, 1.807) is 0 Å². The van der Waals surface area contributed by atoms with Gasteiger partial charge < -0.3 is 0 Å². The molecule has 0 aliphatic rings. The van der Waals surface area contributed by atoms with Crippen molar-refractivity contribution in [1.29, 1.82) is 0 Å². The minimum Gasteiger partial charge on any atom is -0.255 e. The first-order valence-corrected chi connectivity index (χ1v) is 35.0. The molecule has 2 aromatic carbocycles. The first-order chi connectivity index (χ1) is 38.7. The zero-order valence-electron chi connectivity index (χ0n) is 52.8. The third-order valence-electron chi connectivity index (χ3n) is 16.4. The van der Waals surface area contributed by atoms with Crippen LogP contribution in [0.25, 0.3) is 0 Å². The van der Waals surface area contributed by atoms with Crippen LogP contribution in [0.15, 0.2) is 58.5 Å². The Morgan fingerprint density at radius 1 is 0.291 bits per heavy atom. The summed E-state index contributed by atoms with van der Waals surface area (Å²) in [6, 6.07) is 16.8. The first-order valence-electron chi connectivity index (χ1n) is 35.0. The Balaban J connectivity index is 0.0000312. The van der Waals surface area contributed by atoms with Gasteiger partial charge in [-0.2, -0.15) is 0 Å². The van der Waals surface area contributed by atoms with Crippen LogP contribution in [0.1, 0.15) is 385 Å². The Kier molecular flexibility index (Phi) is 57.9. The molecule has 0 heterocycles. The van der Waals surface area contributed by atoms with E-state index < -0.39 is 0 Å². The van der Waals surface area contributed by atoms with Crippen molar-refractivity contribution < 1.29 is 16.5 Å². The zero-order chi connectivity index (χ0) is 55.4. The Labute approximate surface area is 504 Å². The van der Waals surface area contributed by atoms with Gasteiger partial charge in [0, 0.05) is 46.7 Å². The SMILES string of the molecule is CCCCCCCCCCCCCCCCCCCCCCCCCCCC#Cc1ccc(N=CC(CCCC)=Nc2ccc(C#CCCCCCCCCCCCCCCCCCCCCCCCCCCC)cc2)cc1.[Ni]. The molecule has 452 valence electrons. The van der Waals surface area contributed by atoms with Gasteiger partial charge in [0.1, 0.15) is 0 Å². The van der Waals surface area contributed by atoms with Crippen molar-refractivity contribution in [3.63, 3.8) is 0 Å². The summed E-state index contributed by atoms with van der Waals surface area (Å²) in [5.74, 6) is 13.6. The predicted molar refractivity (Wildman–Crippen MR) is 353 cm³/mol. The van der Waals surface area contributed by atoms with Gasteiger partial charge in [0.15, 0.2) is 0 Å². The monoisotopic (exact) mass is 1130 g/mol. The van der Waals surface area contributed by atoms with Crippen LogP contribution >= 0.6 is 0 Å². The van der Waals surface area contributed by atoms with Crippen LogP contribution in [0.5, 0.6) is 0 Å². The van der Waals surface area contributed by atoms with E-state index in [0.717, 1.165) is 60.3 Å². The van der Waals surface area contributed by atoms with E-state index in [9.17, 15) is 0 Å². The zero-order valence-corrected chi connectivity index (χ0v) is 53.8. The molecular formula is C76H128N2Ni. The standard InChI is InChI=1S/C76H128N2.Ni/c1-4-7-10-12-14-16-18-20-22-24-26-28-30-32-34-36-38-40-42-44-46-48-50-52-54-56-58-60-72-63-67-74(68-64-72)77-71-76(62-9-6-3)78-75-69-65-73(66-70-75)61-59-57-55-53-51-49-47-45-43-41-39-37-35-33-31-29-27-25-23-21-19-17-15-13-11-8-5-2;/h63-71H,4-57,62H2,1-3H3;. The number of aliphatic imine (C=N–C) groups is 2. The number of hydrogen-bond donors (Lipinski definition) is 0. The van der Waals surface area contributed by atoms with E-state index in [1.807, 2.05) is 6.21 Å². The molecule has 0 radical (unpaired) electrons. The second-order valence-electron chi connectivity index (χ2n) is 24.1. The maximum absolute atomic E-state index is 4.99. The summed E-state index contributed by atoms with van der Waals surface area (Å²) < 4.78 is 0. The summed E-state index contributed by atoms with van der Waals surface area (Å²) in [4.78, 5) is 9.80. The van der Waals surface area contributed by atoms with Crippen LogP contribution in [0.4, 0.5) is 11.4 Å². The van der Waals surface area contributed by atoms with Crippen molar-refractivity contribution in [2.45, 2.75) is 374 Å². The van der Waals surface area contributed by atoms with Gasteiger partial charge >= 0.3 is 0 Å². The molecule has 79 heavy (non-hydrogen) atoms. The molecule has 0 aliphatic carbocycles.